The van der Waals surface area contributed by atoms with E-state index in [1.807, 2.05) is 6.92 Å². The Morgan fingerprint density at radius 3 is 2.76 bits per heavy atom. The molecule has 0 saturated heterocycles. The second-order valence-electron chi connectivity index (χ2n) is 6.46. The van der Waals surface area contributed by atoms with E-state index in [1.54, 1.807) is 42.5 Å². The molecule has 1 atom stereocenters. The molecule has 29 heavy (non-hydrogen) atoms. The van der Waals surface area contributed by atoms with Crippen molar-refractivity contribution in [3.8, 4) is 11.5 Å². The molecule has 2 aromatic carbocycles. The highest BCUT2D eigenvalue weighted by molar-refractivity contribution is 6.31. The number of carbonyl (C=O) groups excluding carboxylic acids is 1. The van der Waals surface area contributed by atoms with Gasteiger partial charge in [0.2, 0.25) is 5.76 Å². The van der Waals surface area contributed by atoms with Gasteiger partial charge in [-0.1, -0.05) is 30.3 Å². The first kappa shape index (κ1) is 19.1. The van der Waals surface area contributed by atoms with Crippen LogP contribution in [-0.4, -0.2) is 19.1 Å². The highest BCUT2D eigenvalue weighted by atomic mass is 35.5. The highest BCUT2D eigenvalue weighted by Crippen LogP contribution is 2.36. The fourth-order valence-electron chi connectivity index (χ4n) is 3.37. The van der Waals surface area contributed by atoms with Gasteiger partial charge in [-0.05, 0) is 42.8 Å². The van der Waals surface area contributed by atoms with Crippen LogP contribution < -0.4 is 20.2 Å². The second kappa shape index (κ2) is 7.64. The van der Waals surface area contributed by atoms with Crippen LogP contribution in [0.2, 0.25) is 5.02 Å². The number of rotatable bonds is 6. The van der Waals surface area contributed by atoms with Gasteiger partial charge in [0.1, 0.15) is 12.2 Å². The Kier molecular flexibility index (Phi) is 5.03. The third-order valence-corrected chi connectivity index (χ3v) is 4.85. The third kappa shape index (κ3) is 3.36. The molecule has 0 aliphatic carbocycles. The van der Waals surface area contributed by atoms with Gasteiger partial charge < -0.3 is 19.2 Å². The van der Waals surface area contributed by atoms with E-state index >= 15 is 0 Å². The number of amides is 1. The summed E-state index contributed by atoms with van der Waals surface area (Å²) < 4.78 is 17.0. The second-order valence-corrected chi connectivity index (χ2v) is 6.90. The predicted molar refractivity (Wildman–Crippen MR) is 110 cm³/mol. The van der Waals surface area contributed by atoms with E-state index in [-0.39, 0.29) is 16.8 Å². The van der Waals surface area contributed by atoms with Crippen molar-refractivity contribution in [2.45, 2.75) is 13.0 Å². The maximum absolute atomic E-state index is 13.1. The van der Waals surface area contributed by atoms with Crippen LogP contribution in [0.25, 0.3) is 11.0 Å². The Bertz CT molecular complexity index is 1180. The Labute approximate surface area is 171 Å². The van der Waals surface area contributed by atoms with Crippen molar-refractivity contribution in [2.75, 3.05) is 13.2 Å². The molecule has 1 aliphatic rings. The molecular weight excluding hydrogens is 394 g/mol. The van der Waals surface area contributed by atoms with E-state index in [0.717, 1.165) is 0 Å². The third-order valence-electron chi connectivity index (χ3n) is 4.62. The summed E-state index contributed by atoms with van der Waals surface area (Å²) >= 11 is 6.04. The van der Waals surface area contributed by atoms with Crippen LogP contribution in [0.15, 0.2) is 58.3 Å². The van der Waals surface area contributed by atoms with Crippen molar-refractivity contribution in [3.63, 3.8) is 0 Å². The fourth-order valence-corrected chi connectivity index (χ4v) is 3.54. The molecular formula is C22H18ClNO5. The van der Waals surface area contributed by atoms with Crippen LogP contribution in [-0.2, 0) is 0 Å². The summed E-state index contributed by atoms with van der Waals surface area (Å²) in [7, 11) is 0. The van der Waals surface area contributed by atoms with Crippen LogP contribution in [0.1, 0.15) is 34.6 Å². The lowest BCUT2D eigenvalue weighted by Gasteiger charge is -2.16. The van der Waals surface area contributed by atoms with Crippen molar-refractivity contribution in [1.82, 2.24) is 5.32 Å². The fraction of sp³-hybridized carbons (Fsp3) is 0.182. The molecule has 1 N–H and O–H groups in total. The average molecular weight is 412 g/mol. The molecule has 0 fully saturated rings. The van der Waals surface area contributed by atoms with Gasteiger partial charge in [0.25, 0.3) is 5.91 Å². The zero-order valence-electron chi connectivity index (χ0n) is 15.7. The normalized spacial score (nSPS) is 15.1. The van der Waals surface area contributed by atoms with Crippen LogP contribution in [0.3, 0.4) is 0 Å². The summed E-state index contributed by atoms with van der Waals surface area (Å²) in [5, 5.41) is 3.56. The Morgan fingerprint density at radius 2 is 2.00 bits per heavy atom. The molecule has 0 saturated carbocycles. The first-order chi connectivity index (χ1) is 14.0. The summed E-state index contributed by atoms with van der Waals surface area (Å²) in [6.07, 6.45) is 1.64. The maximum atomic E-state index is 13.1. The number of fused-ring (bicyclic) bond motifs is 2. The topological polar surface area (TPSA) is 77.8 Å². The number of benzene rings is 2. The molecule has 4 rings (SSSR count). The van der Waals surface area contributed by atoms with Gasteiger partial charge >= 0.3 is 0 Å². The van der Waals surface area contributed by atoms with Crippen LogP contribution >= 0.6 is 11.6 Å². The minimum Gasteiger partial charge on any atom is -0.490 e. The molecule has 0 radical (unpaired) electrons. The molecule has 1 aliphatic heterocycles. The number of hydrogen-bond acceptors (Lipinski definition) is 5. The van der Waals surface area contributed by atoms with Gasteiger partial charge in [-0.3, -0.25) is 9.59 Å². The van der Waals surface area contributed by atoms with Gasteiger partial charge in [-0.2, -0.15) is 0 Å². The summed E-state index contributed by atoms with van der Waals surface area (Å²) in [4.78, 5) is 25.6. The van der Waals surface area contributed by atoms with Crippen molar-refractivity contribution >= 4 is 28.5 Å². The largest absolute Gasteiger partial charge is 0.490 e. The first-order valence-corrected chi connectivity index (χ1v) is 9.48. The van der Waals surface area contributed by atoms with E-state index in [2.05, 4.69) is 11.9 Å². The zero-order valence-corrected chi connectivity index (χ0v) is 16.4. The van der Waals surface area contributed by atoms with E-state index < -0.39 is 11.9 Å². The van der Waals surface area contributed by atoms with E-state index in [9.17, 15) is 9.59 Å². The molecule has 1 aromatic heterocycles. The zero-order chi connectivity index (χ0) is 20.5. The Balaban J connectivity index is 1.84. The smallest absolute Gasteiger partial charge is 0.288 e. The molecule has 148 valence electrons. The minimum absolute atomic E-state index is 0.0137. The molecule has 0 bridgehead atoms. The molecule has 0 spiro atoms. The van der Waals surface area contributed by atoms with Crippen molar-refractivity contribution in [2.24, 2.45) is 0 Å². The Morgan fingerprint density at radius 1 is 1.17 bits per heavy atom. The predicted octanol–water partition coefficient (Wildman–Crippen LogP) is 4.24. The monoisotopic (exact) mass is 411 g/mol. The maximum Gasteiger partial charge on any atom is 0.288 e. The van der Waals surface area contributed by atoms with Crippen molar-refractivity contribution in [3.05, 3.63) is 81.2 Å². The van der Waals surface area contributed by atoms with Crippen LogP contribution in [0, 0.1) is 0 Å². The lowest BCUT2D eigenvalue weighted by molar-refractivity contribution is 0.0938. The lowest BCUT2D eigenvalue weighted by atomic mass is 9.99. The average Bonchev–Trinajstić information content (AvgIpc) is 3.05. The van der Waals surface area contributed by atoms with Gasteiger partial charge in [0.15, 0.2) is 16.9 Å². The number of hydrogen-bond donors (Lipinski definition) is 1. The summed E-state index contributed by atoms with van der Waals surface area (Å²) in [6, 6.07) is 9.35. The summed E-state index contributed by atoms with van der Waals surface area (Å²) in [5.41, 5.74) is 0.960. The van der Waals surface area contributed by atoms with Crippen molar-refractivity contribution in [1.29, 1.82) is 0 Å². The molecule has 7 heteroatoms. The first-order valence-electron chi connectivity index (χ1n) is 9.11. The number of nitrogens with one attached hydrogen (secondary N) is 1. The van der Waals surface area contributed by atoms with Gasteiger partial charge in [-0.15, -0.1) is 0 Å². The summed E-state index contributed by atoms with van der Waals surface area (Å²) in [6.45, 7) is 6.27. The van der Waals surface area contributed by atoms with Crippen LogP contribution in [0.4, 0.5) is 0 Å². The molecule has 6 nitrogen and oxygen atoms in total. The van der Waals surface area contributed by atoms with Crippen LogP contribution in [0.5, 0.6) is 11.5 Å². The molecule has 1 amide bonds. The standard InChI is InChI=1S/C22H18ClNO5/c1-3-9-28-16-7-5-12(10-17(16)27-4-2)19-18-20(25)14-11-13(23)6-8-15(14)29-21(18)22(26)24-19/h3,5-8,10-11,19H,1,4,9H2,2H3,(H,24,26). The van der Waals surface area contributed by atoms with E-state index in [0.29, 0.717) is 46.3 Å². The molecule has 3 aromatic rings. The Hall–Kier alpha value is -3.25. The van der Waals surface area contributed by atoms with Gasteiger partial charge in [0.05, 0.1) is 23.6 Å². The van der Waals surface area contributed by atoms with E-state index in [1.165, 1.54) is 0 Å². The number of carbonyl (C=O) groups is 1. The quantitative estimate of drug-likeness (QED) is 0.614. The lowest BCUT2D eigenvalue weighted by Crippen LogP contribution is -2.22. The van der Waals surface area contributed by atoms with Gasteiger partial charge in [0, 0.05) is 5.02 Å². The van der Waals surface area contributed by atoms with Gasteiger partial charge in [-0.25, -0.2) is 0 Å². The summed E-state index contributed by atoms with van der Waals surface area (Å²) in [5.74, 6) is 0.642. The van der Waals surface area contributed by atoms with E-state index in [4.69, 9.17) is 25.5 Å². The molecule has 1 unspecified atom stereocenters. The highest BCUT2D eigenvalue weighted by Gasteiger charge is 2.36. The number of halogens is 1. The molecule has 2 heterocycles. The SMILES string of the molecule is C=CCOc1ccc(C2NC(=O)c3oc4ccc(Cl)cc4c(=O)c32)cc1OCC. The minimum atomic E-state index is -0.662. The number of ether oxygens (including phenoxy) is 2. The van der Waals surface area contributed by atoms with Crippen molar-refractivity contribution < 1.29 is 18.7 Å².